The summed E-state index contributed by atoms with van der Waals surface area (Å²) in [6, 6.07) is 8.60. The molecule has 0 radical (unpaired) electrons. The molecule has 2 aromatic carbocycles. The molecule has 0 unspecified atom stereocenters. The van der Waals surface area contributed by atoms with Gasteiger partial charge in [0.15, 0.2) is 4.77 Å². The van der Waals surface area contributed by atoms with Crippen molar-refractivity contribution < 1.29 is 8.78 Å². The van der Waals surface area contributed by atoms with Gasteiger partial charge in [0, 0.05) is 0 Å². The highest BCUT2D eigenvalue weighted by atomic mass is 35.5. The standard InChI is InChI=1S/C13H7ClF2N2S/c14-9-6-8(2-3-10(9)16)18-12-4-1-7(15)5-11(12)17-13(18)19/h1-6H,(H,17,19). The fraction of sp³-hybridized carbons (Fsp3) is 0. The Balaban J connectivity index is 2.32. The molecule has 0 atom stereocenters. The van der Waals surface area contributed by atoms with Crippen LogP contribution in [0.25, 0.3) is 16.7 Å². The minimum Gasteiger partial charge on any atom is -0.330 e. The molecule has 0 aliphatic carbocycles. The van der Waals surface area contributed by atoms with E-state index in [1.165, 1.54) is 24.3 Å². The molecule has 0 saturated carbocycles. The third-order valence-electron chi connectivity index (χ3n) is 2.81. The van der Waals surface area contributed by atoms with Gasteiger partial charge in [-0.3, -0.25) is 4.57 Å². The van der Waals surface area contributed by atoms with Crippen molar-refractivity contribution in [2.45, 2.75) is 0 Å². The lowest BCUT2D eigenvalue weighted by Gasteiger charge is -2.05. The summed E-state index contributed by atoms with van der Waals surface area (Å²) in [5, 5.41) is 0.0101. The average Bonchev–Trinajstić information content (AvgIpc) is 2.68. The minimum absolute atomic E-state index is 0.0101. The Hall–Kier alpha value is -1.72. The molecule has 6 heteroatoms. The molecule has 1 heterocycles. The number of hydrogen-bond donors (Lipinski definition) is 1. The summed E-state index contributed by atoms with van der Waals surface area (Å²) in [7, 11) is 0. The maximum atomic E-state index is 13.2. The van der Waals surface area contributed by atoms with Crippen LogP contribution < -0.4 is 0 Å². The third-order valence-corrected chi connectivity index (χ3v) is 3.38. The van der Waals surface area contributed by atoms with Crippen LogP contribution in [0.2, 0.25) is 5.02 Å². The number of aromatic nitrogens is 2. The average molecular weight is 297 g/mol. The first-order chi connectivity index (χ1) is 9.06. The topological polar surface area (TPSA) is 20.7 Å². The first-order valence-electron chi connectivity index (χ1n) is 5.42. The quantitative estimate of drug-likeness (QED) is 0.650. The summed E-state index contributed by atoms with van der Waals surface area (Å²) in [5.74, 6) is -0.851. The van der Waals surface area contributed by atoms with Crippen LogP contribution in [0.15, 0.2) is 36.4 Å². The molecule has 0 fully saturated rings. The second-order valence-electron chi connectivity index (χ2n) is 4.03. The highest BCUT2D eigenvalue weighted by Gasteiger charge is 2.09. The first kappa shape index (κ1) is 12.3. The van der Waals surface area contributed by atoms with Crippen LogP contribution in [-0.2, 0) is 0 Å². The predicted molar refractivity (Wildman–Crippen MR) is 73.4 cm³/mol. The number of fused-ring (bicyclic) bond motifs is 1. The monoisotopic (exact) mass is 296 g/mol. The lowest BCUT2D eigenvalue weighted by molar-refractivity contribution is 0.628. The van der Waals surface area contributed by atoms with Crippen molar-refractivity contribution in [2.75, 3.05) is 0 Å². The molecule has 0 saturated heterocycles. The zero-order valence-electron chi connectivity index (χ0n) is 9.45. The smallest absolute Gasteiger partial charge is 0.182 e. The predicted octanol–water partition coefficient (Wildman–Crippen LogP) is 4.62. The molecule has 0 aliphatic heterocycles. The fourth-order valence-electron chi connectivity index (χ4n) is 1.96. The highest BCUT2D eigenvalue weighted by molar-refractivity contribution is 7.71. The van der Waals surface area contributed by atoms with Crippen LogP contribution >= 0.6 is 23.8 Å². The van der Waals surface area contributed by atoms with Crippen LogP contribution in [0.3, 0.4) is 0 Å². The van der Waals surface area contributed by atoms with Gasteiger partial charge in [-0.15, -0.1) is 0 Å². The summed E-state index contributed by atoms with van der Waals surface area (Å²) >= 11 is 11.0. The van der Waals surface area contributed by atoms with Crippen LogP contribution in [-0.4, -0.2) is 9.55 Å². The van der Waals surface area contributed by atoms with E-state index in [2.05, 4.69) is 4.98 Å². The molecule has 0 amide bonds. The van der Waals surface area contributed by atoms with E-state index in [9.17, 15) is 8.78 Å². The maximum absolute atomic E-state index is 13.2. The van der Waals surface area contributed by atoms with Crippen LogP contribution in [0.4, 0.5) is 8.78 Å². The fourth-order valence-corrected chi connectivity index (χ4v) is 2.45. The molecular formula is C13H7ClF2N2S. The van der Waals surface area contributed by atoms with Crippen molar-refractivity contribution in [3.63, 3.8) is 0 Å². The van der Waals surface area contributed by atoms with Crippen molar-refractivity contribution in [3.05, 3.63) is 57.8 Å². The highest BCUT2D eigenvalue weighted by Crippen LogP contribution is 2.24. The number of benzene rings is 2. The van der Waals surface area contributed by atoms with Crippen molar-refractivity contribution in [1.29, 1.82) is 0 Å². The molecule has 1 aromatic heterocycles. The first-order valence-corrected chi connectivity index (χ1v) is 6.20. The largest absolute Gasteiger partial charge is 0.330 e. The van der Waals surface area contributed by atoms with Gasteiger partial charge >= 0.3 is 0 Å². The van der Waals surface area contributed by atoms with E-state index in [-0.39, 0.29) is 10.8 Å². The molecule has 2 nitrogen and oxygen atoms in total. The molecular weight excluding hydrogens is 290 g/mol. The van der Waals surface area contributed by atoms with Gasteiger partial charge in [0.2, 0.25) is 0 Å². The van der Waals surface area contributed by atoms with Crippen molar-refractivity contribution >= 4 is 34.9 Å². The van der Waals surface area contributed by atoms with E-state index in [1.54, 1.807) is 16.7 Å². The van der Waals surface area contributed by atoms with E-state index in [1.807, 2.05) is 0 Å². The Labute approximate surface area is 117 Å². The van der Waals surface area contributed by atoms with Gasteiger partial charge in [-0.25, -0.2) is 8.78 Å². The lowest BCUT2D eigenvalue weighted by Crippen LogP contribution is -1.94. The second-order valence-corrected chi connectivity index (χ2v) is 4.82. The number of nitrogens with zero attached hydrogens (tertiary/aromatic N) is 1. The van der Waals surface area contributed by atoms with Gasteiger partial charge in [0.05, 0.1) is 21.7 Å². The Morgan fingerprint density at radius 1 is 1.11 bits per heavy atom. The molecule has 19 heavy (non-hydrogen) atoms. The van der Waals surface area contributed by atoms with Crippen LogP contribution in [0.1, 0.15) is 0 Å². The lowest BCUT2D eigenvalue weighted by atomic mass is 10.2. The molecule has 0 spiro atoms. The zero-order chi connectivity index (χ0) is 13.6. The van der Waals surface area contributed by atoms with Gasteiger partial charge in [0.1, 0.15) is 11.6 Å². The number of rotatable bonds is 1. The van der Waals surface area contributed by atoms with Crippen LogP contribution in [0, 0.1) is 16.4 Å². The summed E-state index contributed by atoms with van der Waals surface area (Å²) in [6.45, 7) is 0. The Bertz CT molecular complexity index is 838. The SMILES string of the molecule is Fc1ccc2c(c1)[nH]c(=S)n2-c1ccc(F)c(Cl)c1. The number of hydrogen-bond acceptors (Lipinski definition) is 1. The Morgan fingerprint density at radius 3 is 2.63 bits per heavy atom. The maximum Gasteiger partial charge on any atom is 0.182 e. The van der Waals surface area contributed by atoms with E-state index >= 15 is 0 Å². The van der Waals surface area contributed by atoms with E-state index in [0.717, 1.165) is 0 Å². The summed E-state index contributed by atoms with van der Waals surface area (Å²) in [6.07, 6.45) is 0. The molecule has 0 bridgehead atoms. The Morgan fingerprint density at radius 2 is 1.89 bits per heavy atom. The third kappa shape index (κ3) is 2.05. The Kier molecular flexibility index (Phi) is 2.88. The van der Waals surface area contributed by atoms with Gasteiger partial charge in [0.25, 0.3) is 0 Å². The number of imidazole rings is 1. The van der Waals surface area contributed by atoms with Gasteiger partial charge in [-0.05, 0) is 48.6 Å². The number of nitrogens with one attached hydrogen (secondary N) is 1. The van der Waals surface area contributed by atoms with Crippen molar-refractivity contribution in [2.24, 2.45) is 0 Å². The normalized spacial score (nSPS) is 11.1. The second kappa shape index (κ2) is 4.43. The molecule has 0 aliphatic rings. The zero-order valence-corrected chi connectivity index (χ0v) is 11.0. The summed E-state index contributed by atoms with van der Waals surface area (Å²) in [5.41, 5.74) is 1.90. The molecule has 96 valence electrons. The summed E-state index contributed by atoms with van der Waals surface area (Å²) < 4.78 is 28.4. The molecule has 3 aromatic rings. The molecule has 3 rings (SSSR count). The number of halogens is 3. The van der Waals surface area contributed by atoms with Crippen molar-refractivity contribution in [3.8, 4) is 5.69 Å². The van der Waals surface area contributed by atoms with E-state index in [0.29, 0.717) is 21.5 Å². The van der Waals surface area contributed by atoms with Gasteiger partial charge < -0.3 is 4.98 Å². The van der Waals surface area contributed by atoms with Gasteiger partial charge in [-0.2, -0.15) is 0 Å². The van der Waals surface area contributed by atoms with E-state index in [4.69, 9.17) is 23.8 Å². The van der Waals surface area contributed by atoms with Gasteiger partial charge in [-0.1, -0.05) is 11.6 Å². The van der Waals surface area contributed by atoms with Crippen LogP contribution in [0.5, 0.6) is 0 Å². The van der Waals surface area contributed by atoms with E-state index < -0.39 is 5.82 Å². The molecule has 1 N–H and O–H groups in total. The number of H-pyrrole nitrogens is 1. The minimum atomic E-state index is -0.497. The summed E-state index contributed by atoms with van der Waals surface area (Å²) in [4.78, 5) is 2.90. The van der Waals surface area contributed by atoms with Crippen molar-refractivity contribution in [1.82, 2.24) is 9.55 Å². The number of aromatic amines is 1.